The first kappa shape index (κ1) is 16.9. The topological polar surface area (TPSA) is 38.3 Å². The van der Waals surface area contributed by atoms with Gasteiger partial charge >= 0.3 is 0 Å². The van der Waals surface area contributed by atoms with Crippen molar-refractivity contribution in [3.05, 3.63) is 29.8 Å². The third-order valence-electron chi connectivity index (χ3n) is 4.60. The van der Waals surface area contributed by atoms with E-state index < -0.39 is 0 Å². The molecule has 1 aliphatic carbocycles. The number of carbonyl (C=O) groups excluding carboxylic acids is 1. The molecule has 0 saturated heterocycles. The second-order valence-electron chi connectivity index (χ2n) is 6.25. The molecule has 2 rings (SSSR count). The number of amides is 1. The van der Waals surface area contributed by atoms with Crippen LogP contribution >= 0.6 is 0 Å². The summed E-state index contributed by atoms with van der Waals surface area (Å²) in [5.41, 5.74) is 1.12. The highest BCUT2D eigenvalue weighted by Crippen LogP contribution is 2.23. The smallest absolute Gasteiger partial charge is 0.223 e. The molecule has 0 aromatic heterocycles. The Morgan fingerprint density at radius 3 is 2.36 bits per heavy atom. The highest BCUT2D eigenvalue weighted by molar-refractivity contribution is 5.78. The molecule has 1 aromatic carbocycles. The number of rotatable bonds is 7. The lowest BCUT2D eigenvalue weighted by atomic mass is 9.98. The van der Waals surface area contributed by atoms with Gasteiger partial charge in [-0.2, -0.15) is 0 Å². The van der Waals surface area contributed by atoms with Crippen molar-refractivity contribution < 1.29 is 9.53 Å². The maximum Gasteiger partial charge on any atom is 0.223 e. The van der Waals surface area contributed by atoms with E-state index in [2.05, 4.69) is 19.2 Å². The molecular weight excluding hydrogens is 274 g/mol. The molecule has 0 bridgehead atoms. The van der Waals surface area contributed by atoms with Crippen LogP contribution in [-0.2, 0) is 11.3 Å². The van der Waals surface area contributed by atoms with E-state index in [0.717, 1.165) is 24.2 Å². The van der Waals surface area contributed by atoms with Gasteiger partial charge in [-0.15, -0.1) is 0 Å². The Hall–Kier alpha value is -1.51. The summed E-state index contributed by atoms with van der Waals surface area (Å²) in [6.45, 7) is 4.72. The zero-order valence-electron chi connectivity index (χ0n) is 13.9. The average molecular weight is 303 g/mol. The minimum atomic E-state index is 0.133. The second-order valence-corrected chi connectivity index (χ2v) is 6.25. The van der Waals surface area contributed by atoms with Gasteiger partial charge in [0.15, 0.2) is 0 Å². The monoisotopic (exact) mass is 303 g/mol. The predicted octanol–water partition coefficient (Wildman–Crippen LogP) is 4.45. The molecule has 0 radical (unpaired) electrons. The summed E-state index contributed by atoms with van der Waals surface area (Å²) in [7, 11) is 0. The predicted molar refractivity (Wildman–Crippen MR) is 89.9 cm³/mol. The van der Waals surface area contributed by atoms with Crippen LogP contribution in [0, 0.1) is 5.92 Å². The van der Waals surface area contributed by atoms with Crippen molar-refractivity contribution in [3.8, 4) is 5.75 Å². The number of hydrogen-bond donors (Lipinski definition) is 1. The highest BCUT2D eigenvalue weighted by atomic mass is 16.5. The summed E-state index contributed by atoms with van der Waals surface area (Å²) < 4.78 is 6.02. The molecule has 1 N–H and O–H groups in total. The SMILES string of the molecule is CCC(CC)C(=O)NCc1ccc(OC2CCCCC2)cc1. The van der Waals surface area contributed by atoms with E-state index in [4.69, 9.17) is 4.74 Å². The number of hydrogen-bond acceptors (Lipinski definition) is 2. The molecule has 1 fully saturated rings. The van der Waals surface area contributed by atoms with Crippen LogP contribution in [0.2, 0.25) is 0 Å². The fourth-order valence-corrected chi connectivity index (χ4v) is 3.05. The van der Waals surface area contributed by atoms with Crippen LogP contribution in [0.1, 0.15) is 64.4 Å². The molecule has 0 spiro atoms. The van der Waals surface area contributed by atoms with Gasteiger partial charge in [0.25, 0.3) is 0 Å². The van der Waals surface area contributed by atoms with Gasteiger partial charge in [0.2, 0.25) is 5.91 Å². The molecule has 3 nitrogen and oxygen atoms in total. The van der Waals surface area contributed by atoms with E-state index in [-0.39, 0.29) is 11.8 Å². The van der Waals surface area contributed by atoms with Crippen molar-refractivity contribution in [2.24, 2.45) is 5.92 Å². The molecular formula is C19H29NO2. The zero-order chi connectivity index (χ0) is 15.8. The van der Waals surface area contributed by atoms with Crippen molar-refractivity contribution in [2.45, 2.75) is 71.4 Å². The van der Waals surface area contributed by atoms with Crippen LogP contribution in [0.15, 0.2) is 24.3 Å². The number of benzene rings is 1. The van der Waals surface area contributed by atoms with Crippen molar-refractivity contribution in [3.63, 3.8) is 0 Å². The fraction of sp³-hybridized carbons (Fsp3) is 0.632. The van der Waals surface area contributed by atoms with Crippen LogP contribution in [0.5, 0.6) is 5.75 Å². The summed E-state index contributed by atoms with van der Waals surface area (Å²) >= 11 is 0. The van der Waals surface area contributed by atoms with E-state index in [1.165, 1.54) is 32.1 Å². The van der Waals surface area contributed by atoms with E-state index in [1.807, 2.05) is 24.3 Å². The van der Waals surface area contributed by atoms with Crippen LogP contribution in [0.25, 0.3) is 0 Å². The Morgan fingerprint density at radius 2 is 1.77 bits per heavy atom. The highest BCUT2D eigenvalue weighted by Gasteiger charge is 2.15. The van der Waals surface area contributed by atoms with Crippen LogP contribution in [0.4, 0.5) is 0 Å². The Kier molecular flexibility index (Phi) is 6.75. The molecule has 1 saturated carbocycles. The maximum absolute atomic E-state index is 12.0. The Bertz CT molecular complexity index is 445. The molecule has 0 aliphatic heterocycles. The number of nitrogens with one attached hydrogen (secondary N) is 1. The summed E-state index contributed by atoms with van der Waals surface area (Å²) in [6, 6.07) is 8.14. The Balaban J connectivity index is 1.80. The van der Waals surface area contributed by atoms with Gasteiger partial charge in [-0.1, -0.05) is 32.4 Å². The van der Waals surface area contributed by atoms with Gasteiger partial charge in [0, 0.05) is 12.5 Å². The molecule has 1 aromatic rings. The third kappa shape index (κ3) is 5.04. The van der Waals surface area contributed by atoms with Gasteiger partial charge < -0.3 is 10.1 Å². The number of carbonyl (C=O) groups is 1. The van der Waals surface area contributed by atoms with Gasteiger partial charge in [0.1, 0.15) is 5.75 Å². The first-order valence-corrected chi connectivity index (χ1v) is 8.76. The van der Waals surface area contributed by atoms with E-state index in [0.29, 0.717) is 12.6 Å². The zero-order valence-corrected chi connectivity index (χ0v) is 13.9. The van der Waals surface area contributed by atoms with Gasteiger partial charge in [0.05, 0.1) is 6.10 Å². The Labute approximate surface area is 134 Å². The normalized spacial score (nSPS) is 15.8. The van der Waals surface area contributed by atoms with Crippen molar-refractivity contribution in [2.75, 3.05) is 0 Å². The quantitative estimate of drug-likeness (QED) is 0.808. The van der Waals surface area contributed by atoms with E-state index in [9.17, 15) is 4.79 Å². The van der Waals surface area contributed by atoms with Crippen molar-refractivity contribution in [1.82, 2.24) is 5.32 Å². The molecule has 1 aliphatic rings. The van der Waals surface area contributed by atoms with Crippen LogP contribution in [-0.4, -0.2) is 12.0 Å². The lowest BCUT2D eigenvalue weighted by molar-refractivity contribution is -0.125. The summed E-state index contributed by atoms with van der Waals surface area (Å²) in [5, 5.41) is 3.02. The standard InChI is InChI=1S/C19H29NO2/c1-3-16(4-2)19(21)20-14-15-10-12-18(13-11-15)22-17-8-6-5-7-9-17/h10-13,16-17H,3-9,14H2,1-2H3,(H,20,21). The summed E-state index contributed by atoms with van der Waals surface area (Å²) in [5.74, 6) is 1.24. The lowest BCUT2D eigenvalue weighted by Crippen LogP contribution is -2.29. The van der Waals surface area contributed by atoms with Crippen molar-refractivity contribution >= 4 is 5.91 Å². The van der Waals surface area contributed by atoms with Gasteiger partial charge in [-0.25, -0.2) is 0 Å². The fourth-order valence-electron chi connectivity index (χ4n) is 3.05. The lowest BCUT2D eigenvalue weighted by Gasteiger charge is -2.23. The molecule has 0 unspecified atom stereocenters. The van der Waals surface area contributed by atoms with Crippen molar-refractivity contribution in [1.29, 1.82) is 0 Å². The molecule has 122 valence electrons. The maximum atomic E-state index is 12.0. The Morgan fingerprint density at radius 1 is 1.14 bits per heavy atom. The van der Waals surface area contributed by atoms with Crippen LogP contribution in [0.3, 0.4) is 0 Å². The molecule has 0 heterocycles. The molecule has 3 heteroatoms. The minimum Gasteiger partial charge on any atom is -0.490 e. The summed E-state index contributed by atoms with van der Waals surface area (Å²) in [6.07, 6.45) is 8.44. The molecule has 22 heavy (non-hydrogen) atoms. The first-order valence-electron chi connectivity index (χ1n) is 8.76. The molecule has 0 atom stereocenters. The van der Waals surface area contributed by atoms with E-state index in [1.54, 1.807) is 0 Å². The van der Waals surface area contributed by atoms with Gasteiger partial charge in [-0.05, 0) is 56.2 Å². The first-order chi connectivity index (χ1) is 10.7. The third-order valence-corrected chi connectivity index (χ3v) is 4.60. The largest absolute Gasteiger partial charge is 0.490 e. The summed E-state index contributed by atoms with van der Waals surface area (Å²) in [4.78, 5) is 12.0. The van der Waals surface area contributed by atoms with Gasteiger partial charge in [-0.3, -0.25) is 4.79 Å². The second kappa shape index (κ2) is 8.82. The number of ether oxygens (including phenoxy) is 1. The van der Waals surface area contributed by atoms with E-state index >= 15 is 0 Å². The average Bonchev–Trinajstić information content (AvgIpc) is 2.56. The molecule has 1 amide bonds. The minimum absolute atomic E-state index is 0.133. The van der Waals surface area contributed by atoms with Crippen LogP contribution < -0.4 is 10.1 Å².